The van der Waals surface area contributed by atoms with Crippen LogP contribution in [-0.2, 0) is 21.3 Å². The molecule has 0 aliphatic heterocycles. The summed E-state index contributed by atoms with van der Waals surface area (Å²) in [4.78, 5) is 0. The van der Waals surface area contributed by atoms with E-state index >= 15 is 0 Å². The molecule has 0 aromatic heterocycles. The van der Waals surface area contributed by atoms with Gasteiger partial charge in [-0.15, -0.1) is 0 Å². The molecule has 0 heterocycles. The van der Waals surface area contributed by atoms with Crippen LogP contribution in [0.1, 0.15) is 45.2 Å². The molecule has 0 amide bonds. The second-order valence-electron chi connectivity index (χ2n) is 8.62. The van der Waals surface area contributed by atoms with Crippen molar-refractivity contribution >= 4 is 16.4 Å². The molecule has 2 atom stereocenters. The number of benzene rings is 4. The average molecular weight is 488 g/mol. The molecule has 2 unspecified atom stereocenters. The maximum absolute atomic E-state index is 4.98. The molecule has 4 aromatic carbocycles. The Hall–Kier alpha value is -2.89. The van der Waals surface area contributed by atoms with E-state index in [0.717, 1.165) is 0 Å². The Labute approximate surface area is 197 Å². The third kappa shape index (κ3) is 3.28. The van der Waals surface area contributed by atoms with Crippen LogP contribution in [0.5, 0.6) is 0 Å². The molecule has 152 valence electrons. The molecule has 2 aliphatic carbocycles. The van der Waals surface area contributed by atoms with Crippen LogP contribution in [0.2, 0.25) is 0 Å². The zero-order valence-electron chi connectivity index (χ0n) is 17.9. The molecular weight excluding hydrogens is 464 g/mol. The Kier molecular flexibility index (Phi) is 5.08. The molecule has 0 nitrogen and oxygen atoms in total. The van der Waals surface area contributed by atoms with Crippen molar-refractivity contribution in [2.45, 2.75) is 11.8 Å². The summed E-state index contributed by atoms with van der Waals surface area (Å²) >= 11 is -2.39. The van der Waals surface area contributed by atoms with Crippen LogP contribution in [0.25, 0.3) is 12.2 Å². The Morgan fingerprint density at radius 3 is 1.28 bits per heavy atom. The van der Waals surface area contributed by atoms with Gasteiger partial charge < -0.3 is 0 Å². The summed E-state index contributed by atoms with van der Waals surface area (Å²) in [6.07, 6.45) is 4.95. The van der Waals surface area contributed by atoms with E-state index in [1.807, 2.05) is 0 Å². The molecule has 0 bridgehead atoms. The van der Waals surface area contributed by atoms with Crippen molar-refractivity contribution in [1.29, 1.82) is 0 Å². The van der Waals surface area contributed by atoms with E-state index in [1.165, 1.54) is 33.4 Å². The number of allylic oxidation sites excluding steroid dienone is 2. The van der Waals surface area contributed by atoms with E-state index in [1.54, 1.807) is 6.56 Å². The van der Waals surface area contributed by atoms with E-state index in [-0.39, 0.29) is 0 Å². The molecule has 32 heavy (non-hydrogen) atoms. The molecule has 0 saturated carbocycles. The topological polar surface area (TPSA) is 0 Å². The average Bonchev–Trinajstić information content (AvgIpc) is 3.44. The molecule has 2 aliphatic rings. The van der Waals surface area contributed by atoms with Gasteiger partial charge in [-0.2, -0.15) is 0 Å². The zero-order valence-corrected chi connectivity index (χ0v) is 20.4. The van der Waals surface area contributed by atoms with Gasteiger partial charge in [0.05, 0.1) is 0 Å². The summed E-state index contributed by atoms with van der Waals surface area (Å²) in [6, 6.07) is 39.8. The summed E-state index contributed by atoms with van der Waals surface area (Å²) in [6.45, 7) is 0. The molecule has 0 N–H and O–H groups in total. The van der Waals surface area contributed by atoms with Gasteiger partial charge in [0, 0.05) is 0 Å². The van der Waals surface area contributed by atoms with Gasteiger partial charge in [0.25, 0.3) is 0 Å². The van der Waals surface area contributed by atoms with Gasteiger partial charge >= 0.3 is 199 Å². The number of rotatable bonds is 4. The normalized spacial score (nSPS) is 18.5. The van der Waals surface area contributed by atoms with Crippen LogP contribution < -0.4 is 0 Å². The van der Waals surface area contributed by atoms with Crippen LogP contribution in [0.15, 0.2) is 116 Å². The molecule has 0 saturated heterocycles. The third-order valence-corrected chi connectivity index (χ3v) is 12.4. The first-order valence-corrected chi connectivity index (χ1v) is 15.4. The molecule has 4 aromatic rings. The Balaban J connectivity index is 1.48. The minimum atomic E-state index is -2.39. The van der Waals surface area contributed by atoms with Crippen LogP contribution in [-0.4, -0.2) is 4.21 Å². The van der Waals surface area contributed by atoms with Crippen LogP contribution in [0.3, 0.4) is 0 Å². The maximum atomic E-state index is 4.98. The van der Waals surface area contributed by atoms with E-state index < -0.39 is 21.3 Å². The van der Waals surface area contributed by atoms with Gasteiger partial charge in [-0.05, 0) is 0 Å². The minimum absolute atomic E-state index is 0.334. The van der Waals surface area contributed by atoms with Crippen molar-refractivity contribution in [3.05, 3.63) is 149 Å². The molecule has 0 radical (unpaired) electrons. The first kappa shape index (κ1) is 19.8. The molecule has 0 fully saturated rings. The standard InChI is InChI=1S/2C15H11.CH2.Zr/c2*1-2-6-12(7-3-1)15-11-10-13-8-4-5-9-14(13)15;;/h2*1-10,15H;1H2;. The summed E-state index contributed by atoms with van der Waals surface area (Å²) < 4.78 is 8.15. The summed E-state index contributed by atoms with van der Waals surface area (Å²) in [5, 5.41) is 0. The van der Waals surface area contributed by atoms with Crippen molar-refractivity contribution in [2.75, 3.05) is 0 Å². The van der Waals surface area contributed by atoms with Crippen molar-refractivity contribution in [3.8, 4) is 0 Å². The fourth-order valence-corrected chi connectivity index (χ4v) is 11.1. The predicted octanol–water partition coefficient (Wildman–Crippen LogP) is 7.41. The zero-order chi connectivity index (χ0) is 21.5. The third-order valence-electron chi connectivity index (χ3n) is 6.82. The van der Waals surface area contributed by atoms with Gasteiger partial charge in [0.15, 0.2) is 0 Å². The number of hydrogen-bond donors (Lipinski definition) is 0. The predicted molar refractivity (Wildman–Crippen MR) is 133 cm³/mol. The summed E-state index contributed by atoms with van der Waals surface area (Å²) in [5.41, 5.74) is 8.37. The number of hydrogen-bond acceptors (Lipinski definition) is 0. The van der Waals surface area contributed by atoms with Crippen LogP contribution in [0.4, 0.5) is 0 Å². The molecule has 1 heteroatoms. The SMILES string of the molecule is [CH2]=[Zr]([C]1=Cc2ccccc2C1c1ccccc1)[C]1=Cc2ccccc2C1c1ccccc1. The van der Waals surface area contributed by atoms with Crippen LogP contribution >= 0.6 is 0 Å². The molecule has 6 rings (SSSR count). The second kappa shape index (κ2) is 8.23. The monoisotopic (exact) mass is 486 g/mol. The van der Waals surface area contributed by atoms with E-state index in [0.29, 0.717) is 11.8 Å². The summed E-state index contributed by atoms with van der Waals surface area (Å²) in [7, 11) is 0. The Morgan fingerprint density at radius 1 is 0.469 bits per heavy atom. The summed E-state index contributed by atoms with van der Waals surface area (Å²) in [5.74, 6) is 0.667. The van der Waals surface area contributed by atoms with Gasteiger partial charge in [0.1, 0.15) is 0 Å². The van der Waals surface area contributed by atoms with Crippen molar-refractivity contribution in [1.82, 2.24) is 0 Å². The van der Waals surface area contributed by atoms with E-state index in [2.05, 4.69) is 121 Å². The van der Waals surface area contributed by atoms with Crippen LogP contribution in [0, 0.1) is 0 Å². The fourth-order valence-electron chi connectivity index (χ4n) is 5.35. The Bertz CT molecular complexity index is 1270. The van der Waals surface area contributed by atoms with Crippen molar-refractivity contribution in [2.24, 2.45) is 0 Å². The quantitative estimate of drug-likeness (QED) is 0.281. The first-order valence-electron chi connectivity index (χ1n) is 11.2. The van der Waals surface area contributed by atoms with E-state index in [9.17, 15) is 0 Å². The second-order valence-corrected chi connectivity index (χ2v) is 13.8. The fraction of sp³-hybridized carbons (Fsp3) is 0.0645. The van der Waals surface area contributed by atoms with Gasteiger partial charge in [-0.25, -0.2) is 0 Å². The Morgan fingerprint density at radius 2 is 0.844 bits per heavy atom. The van der Waals surface area contributed by atoms with Gasteiger partial charge in [-0.3, -0.25) is 0 Å². The number of fused-ring (bicyclic) bond motifs is 2. The van der Waals surface area contributed by atoms with E-state index in [4.69, 9.17) is 4.21 Å². The van der Waals surface area contributed by atoms with Gasteiger partial charge in [-0.1, -0.05) is 0 Å². The molecular formula is C31H24Zr. The van der Waals surface area contributed by atoms with Crippen molar-refractivity contribution < 1.29 is 21.3 Å². The molecule has 0 spiro atoms. The van der Waals surface area contributed by atoms with Gasteiger partial charge in [0.2, 0.25) is 0 Å². The first-order chi connectivity index (χ1) is 15.8. The van der Waals surface area contributed by atoms with Crippen molar-refractivity contribution in [3.63, 3.8) is 0 Å².